The summed E-state index contributed by atoms with van der Waals surface area (Å²) in [6.07, 6.45) is -0.0726. The predicted molar refractivity (Wildman–Crippen MR) is 76.6 cm³/mol. The van der Waals surface area contributed by atoms with Gasteiger partial charge in [0.2, 0.25) is 0 Å². The van der Waals surface area contributed by atoms with Crippen molar-refractivity contribution in [3.63, 3.8) is 0 Å². The molecule has 0 radical (unpaired) electrons. The summed E-state index contributed by atoms with van der Waals surface area (Å²) in [7, 11) is 0. The Bertz CT molecular complexity index is 700. The van der Waals surface area contributed by atoms with Gasteiger partial charge in [-0.1, -0.05) is 24.3 Å². The van der Waals surface area contributed by atoms with Crippen molar-refractivity contribution in [1.82, 2.24) is 0 Å². The average Bonchev–Trinajstić information content (AvgIpc) is 2.92. The van der Waals surface area contributed by atoms with Crippen molar-refractivity contribution in [2.45, 2.75) is 6.42 Å². The Morgan fingerprint density at radius 2 is 1.90 bits per heavy atom. The second-order valence-corrected chi connectivity index (χ2v) is 4.61. The SMILES string of the molecule is O=C(Oc1ccccc1)N1CCc2c1cccc2[N+](=O)[O-]. The van der Waals surface area contributed by atoms with Crippen LogP contribution >= 0.6 is 0 Å². The molecule has 0 aliphatic carbocycles. The number of nitrogens with zero attached hydrogens (tertiary/aromatic N) is 2. The number of hydrogen-bond donors (Lipinski definition) is 0. The Kier molecular flexibility index (Phi) is 3.27. The van der Waals surface area contributed by atoms with E-state index < -0.39 is 11.0 Å². The number of para-hydroxylation sites is 1. The fourth-order valence-corrected chi connectivity index (χ4v) is 2.42. The Balaban J connectivity index is 1.86. The van der Waals surface area contributed by atoms with Crippen molar-refractivity contribution in [3.8, 4) is 5.75 Å². The number of nitro benzene ring substituents is 1. The van der Waals surface area contributed by atoms with E-state index in [2.05, 4.69) is 0 Å². The standard InChI is InChI=1S/C15H12N2O4/c18-15(21-11-5-2-1-3-6-11)16-10-9-12-13(16)7-4-8-14(12)17(19)20/h1-8H,9-10H2. The molecule has 0 aromatic heterocycles. The number of anilines is 1. The minimum absolute atomic E-state index is 0.0440. The first-order chi connectivity index (χ1) is 10.2. The summed E-state index contributed by atoms with van der Waals surface area (Å²) in [5.41, 5.74) is 1.17. The third-order valence-corrected chi connectivity index (χ3v) is 3.37. The van der Waals surface area contributed by atoms with Gasteiger partial charge < -0.3 is 4.74 Å². The number of carbonyl (C=O) groups is 1. The first-order valence-electron chi connectivity index (χ1n) is 6.47. The Morgan fingerprint density at radius 1 is 1.14 bits per heavy atom. The van der Waals surface area contributed by atoms with Crippen molar-refractivity contribution < 1.29 is 14.5 Å². The van der Waals surface area contributed by atoms with E-state index in [1.165, 1.54) is 11.0 Å². The number of ether oxygens (including phenoxy) is 1. The monoisotopic (exact) mass is 284 g/mol. The van der Waals surface area contributed by atoms with Gasteiger partial charge in [0.15, 0.2) is 0 Å². The molecule has 1 heterocycles. The fraction of sp³-hybridized carbons (Fsp3) is 0.133. The van der Waals surface area contributed by atoms with Gasteiger partial charge >= 0.3 is 6.09 Å². The number of hydrogen-bond acceptors (Lipinski definition) is 4. The first-order valence-corrected chi connectivity index (χ1v) is 6.47. The molecule has 1 amide bonds. The Labute approximate surface area is 120 Å². The van der Waals surface area contributed by atoms with E-state index in [1.807, 2.05) is 6.07 Å². The summed E-state index contributed by atoms with van der Waals surface area (Å²) in [6.45, 7) is 0.381. The van der Waals surface area contributed by atoms with Gasteiger partial charge in [0.1, 0.15) is 5.75 Å². The molecule has 1 aliphatic heterocycles. The molecule has 3 rings (SSSR count). The molecule has 6 heteroatoms. The topological polar surface area (TPSA) is 72.7 Å². The lowest BCUT2D eigenvalue weighted by atomic mass is 10.1. The van der Waals surface area contributed by atoms with Gasteiger partial charge in [0.25, 0.3) is 5.69 Å². The Hall–Kier alpha value is -2.89. The molecule has 6 nitrogen and oxygen atoms in total. The highest BCUT2D eigenvalue weighted by atomic mass is 16.6. The highest BCUT2D eigenvalue weighted by Gasteiger charge is 2.31. The molecular formula is C15H12N2O4. The maximum absolute atomic E-state index is 12.2. The van der Waals surface area contributed by atoms with Crippen LogP contribution in [0.4, 0.5) is 16.2 Å². The smallest absolute Gasteiger partial charge is 0.410 e. The van der Waals surface area contributed by atoms with Crippen LogP contribution in [0, 0.1) is 10.1 Å². The number of amides is 1. The van der Waals surface area contributed by atoms with Gasteiger partial charge in [-0.25, -0.2) is 4.79 Å². The minimum atomic E-state index is -0.527. The number of rotatable bonds is 2. The van der Waals surface area contributed by atoms with Gasteiger partial charge in [0.05, 0.1) is 16.2 Å². The molecule has 2 aromatic carbocycles. The van der Waals surface area contributed by atoms with E-state index in [1.54, 1.807) is 36.4 Å². The predicted octanol–water partition coefficient (Wildman–Crippen LogP) is 3.16. The molecule has 106 valence electrons. The zero-order chi connectivity index (χ0) is 14.8. The lowest BCUT2D eigenvalue weighted by Crippen LogP contribution is -2.31. The fourth-order valence-electron chi connectivity index (χ4n) is 2.42. The molecular weight excluding hydrogens is 272 g/mol. The van der Waals surface area contributed by atoms with Crippen molar-refractivity contribution in [1.29, 1.82) is 0 Å². The third kappa shape index (κ3) is 2.43. The van der Waals surface area contributed by atoms with Crippen molar-refractivity contribution in [2.24, 2.45) is 0 Å². The zero-order valence-corrected chi connectivity index (χ0v) is 11.1. The number of nitro groups is 1. The number of fused-ring (bicyclic) bond motifs is 1. The van der Waals surface area contributed by atoms with Crippen LogP contribution in [0.3, 0.4) is 0 Å². The van der Waals surface area contributed by atoms with Gasteiger partial charge in [-0.05, 0) is 24.6 Å². The van der Waals surface area contributed by atoms with Crippen LogP contribution < -0.4 is 9.64 Å². The Morgan fingerprint density at radius 3 is 2.62 bits per heavy atom. The van der Waals surface area contributed by atoms with Gasteiger partial charge in [-0.15, -0.1) is 0 Å². The first kappa shape index (κ1) is 13.1. The maximum Gasteiger partial charge on any atom is 0.419 e. The summed E-state index contributed by atoms with van der Waals surface area (Å²) in [5, 5.41) is 11.0. The molecule has 2 aromatic rings. The van der Waals surface area contributed by atoms with Gasteiger partial charge in [0, 0.05) is 12.6 Å². The lowest BCUT2D eigenvalue weighted by Gasteiger charge is -2.16. The zero-order valence-electron chi connectivity index (χ0n) is 11.1. The summed E-state index contributed by atoms with van der Waals surface area (Å²) >= 11 is 0. The molecule has 1 aliphatic rings. The molecule has 0 atom stereocenters. The van der Waals surface area contributed by atoms with Crippen LogP contribution in [0.1, 0.15) is 5.56 Å². The second kappa shape index (κ2) is 5.24. The van der Waals surface area contributed by atoms with E-state index in [0.29, 0.717) is 30.0 Å². The normalized spacial score (nSPS) is 12.9. The number of carbonyl (C=O) groups excluding carboxylic acids is 1. The quantitative estimate of drug-likeness (QED) is 0.627. The molecule has 0 saturated heterocycles. The van der Waals surface area contributed by atoms with E-state index in [-0.39, 0.29) is 5.69 Å². The minimum Gasteiger partial charge on any atom is -0.410 e. The van der Waals surface area contributed by atoms with E-state index in [4.69, 9.17) is 4.74 Å². The van der Waals surface area contributed by atoms with Crippen LogP contribution in [-0.2, 0) is 6.42 Å². The maximum atomic E-state index is 12.2. The van der Waals surface area contributed by atoms with Gasteiger partial charge in [-0.3, -0.25) is 15.0 Å². The molecule has 0 N–H and O–H groups in total. The summed E-state index contributed by atoms with van der Waals surface area (Å²) < 4.78 is 5.27. The highest BCUT2D eigenvalue weighted by molar-refractivity contribution is 5.92. The molecule has 0 spiro atoms. The van der Waals surface area contributed by atoms with Crippen LogP contribution in [0.15, 0.2) is 48.5 Å². The molecule has 0 fully saturated rings. The van der Waals surface area contributed by atoms with Crippen LogP contribution in [0.5, 0.6) is 5.75 Å². The summed E-state index contributed by atoms with van der Waals surface area (Å²) in [5.74, 6) is 0.446. The second-order valence-electron chi connectivity index (χ2n) is 4.61. The molecule has 0 bridgehead atoms. The van der Waals surface area contributed by atoms with E-state index in [0.717, 1.165) is 0 Å². The average molecular weight is 284 g/mol. The van der Waals surface area contributed by atoms with Crippen molar-refractivity contribution in [2.75, 3.05) is 11.4 Å². The lowest BCUT2D eigenvalue weighted by molar-refractivity contribution is -0.385. The van der Waals surface area contributed by atoms with Gasteiger partial charge in [-0.2, -0.15) is 0 Å². The van der Waals surface area contributed by atoms with Crippen molar-refractivity contribution >= 4 is 17.5 Å². The highest BCUT2D eigenvalue weighted by Crippen LogP contribution is 2.35. The summed E-state index contributed by atoms with van der Waals surface area (Å²) in [6, 6.07) is 13.4. The van der Waals surface area contributed by atoms with Crippen LogP contribution in [0.25, 0.3) is 0 Å². The van der Waals surface area contributed by atoms with Crippen LogP contribution in [-0.4, -0.2) is 17.6 Å². The summed E-state index contributed by atoms with van der Waals surface area (Å²) in [4.78, 5) is 24.2. The third-order valence-electron chi connectivity index (χ3n) is 3.37. The molecule has 0 unspecified atom stereocenters. The molecule has 0 saturated carbocycles. The van der Waals surface area contributed by atoms with E-state index in [9.17, 15) is 14.9 Å². The largest absolute Gasteiger partial charge is 0.419 e. The van der Waals surface area contributed by atoms with Crippen molar-refractivity contribution in [3.05, 3.63) is 64.2 Å². The van der Waals surface area contributed by atoms with Crippen LogP contribution in [0.2, 0.25) is 0 Å². The molecule has 21 heavy (non-hydrogen) atoms. The number of benzene rings is 2. The van der Waals surface area contributed by atoms with E-state index >= 15 is 0 Å².